The Hall–Kier alpha value is -0.640. The molecule has 4 heteroatoms. The smallest absolute Gasteiger partial charge is 0.259 e. The largest absolute Gasteiger partial charge is 1.00 e. The number of hydrogen-bond acceptors (Lipinski definition) is 2. The van der Waals surface area contributed by atoms with Crippen LogP contribution in [0.2, 0.25) is 0 Å². The van der Waals surface area contributed by atoms with Crippen molar-refractivity contribution in [2.45, 2.75) is 13.2 Å². The Bertz CT molecular complexity index is 224. The molecular formula is C9H16ClNO2. The molecule has 0 amide bonds. The van der Waals surface area contributed by atoms with Crippen molar-refractivity contribution >= 4 is 5.78 Å². The molecule has 0 aliphatic heterocycles. The first kappa shape index (κ1) is 14.9. The maximum absolute atomic E-state index is 11.2. The number of Topliss-reactive ketones (excluding diaryl/α,β-unsaturated/α-hetero) is 1. The normalized spacial score (nSPS) is 12.6. The van der Waals surface area contributed by atoms with Gasteiger partial charge in [-0.2, -0.15) is 0 Å². The Balaban J connectivity index is 0. The number of carbonyl (C=O) groups is 1. The quantitative estimate of drug-likeness (QED) is 0.318. The van der Waals surface area contributed by atoms with Crippen LogP contribution in [0, 0.1) is 0 Å². The highest BCUT2D eigenvalue weighted by molar-refractivity contribution is 5.96. The van der Waals surface area contributed by atoms with Crippen LogP contribution < -0.4 is 12.4 Å². The second-order valence-electron chi connectivity index (χ2n) is 3.33. The molecule has 13 heavy (non-hydrogen) atoms. The molecule has 0 saturated heterocycles. The van der Waals surface area contributed by atoms with Gasteiger partial charge in [-0.05, 0) is 19.1 Å². The Morgan fingerprint density at radius 3 is 2.15 bits per heavy atom. The molecule has 3 nitrogen and oxygen atoms in total. The topological polar surface area (TPSA) is 37.3 Å². The summed E-state index contributed by atoms with van der Waals surface area (Å²) < 4.78 is 0.0473. The average Bonchev–Trinajstić information content (AvgIpc) is 2.01. The van der Waals surface area contributed by atoms with Crippen LogP contribution in [0.4, 0.5) is 0 Å². The third-order valence-corrected chi connectivity index (χ3v) is 1.76. The minimum atomic E-state index is -1.10. The van der Waals surface area contributed by atoms with E-state index < -0.39 is 6.23 Å². The summed E-state index contributed by atoms with van der Waals surface area (Å²) in [5.41, 5.74) is 0.357. The number of rotatable bonds is 4. The first-order valence-corrected chi connectivity index (χ1v) is 3.67. The van der Waals surface area contributed by atoms with E-state index in [2.05, 4.69) is 13.2 Å². The number of ketones is 1. The van der Waals surface area contributed by atoms with Gasteiger partial charge < -0.3 is 17.5 Å². The van der Waals surface area contributed by atoms with Gasteiger partial charge in [0.05, 0.1) is 20.3 Å². The lowest BCUT2D eigenvalue weighted by molar-refractivity contribution is -0.877. The molecule has 76 valence electrons. The minimum Gasteiger partial charge on any atom is -1.00 e. The second kappa shape index (κ2) is 5.17. The molecule has 0 heterocycles. The van der Waals surface area contributed by atoms with E-state index in [4.69, 9.17) is 0 Å². The summed E-state index contributed by atoms with van der Waals surface area (Å²) in [5.74, 6) is -0.347. The number of hydrogen-bond donors (Lipinski definition) is 1. The zero-order chi connectivity index (χ0) is 9.94. The van der Waals surface area contributed by atoms with Gasteiger partial charge in [-0.15, -0.1) is 0 Å². The number of aliphatic hydroxyl groups excluding tert-OH is 1. The first-order valence-electron chi connectivity index (χ1n) is 3.67. The highest BCUT2D eigenvalue weighted by atomic mass is 35.5. The molecule has 1 N–H and O–H groups in total. The van der Waals surface area contributed by atoms with Gasteiger partial charge in [0.15, 0.2) is 0 Å². The van der Waals surface area contributed by atoms with Crippen molar-refractivity contribution in [2.24, 2.45) is 0 Å². The Morgan fingerprint density at radius 1 is 1.54 bits per heavy atom. The van der Waals surface area contributed by atoms with Crippen molar-refractivity contribution in [3.63, 3.8) is 0 Å². The van der Waals surface area contributed by atoms with Crippen molar-refractivity contribution < 1.29 is 26.8 Å². The van der Waals surface area contributed by atoms with Crippen LogP contribution >= 0.6 is 0 Å². The Morgan fingerprint density at radius 2 is 1.92 bits per heavy atom. The molecule has 0 aromatic carbocycles. The van der Waals surface area contributed by atoms with E-state index in [1.54, 1.807) is 21.0 Å². The lowest BCUT2D eigenvalue weighted by atomic mass is 10.2. The summed E-state index contributed by atoms with van der Waals surface area (Å²) in [4.78, 5) is 11.2. The highest BCUT2D eigenvalue weighted by Crippen LogP contribution is 2.08. The fourth-order valence-electron chi connectivity index (χ4n) is 0.622. The van der Waals surface area contributed by atoms with E-state index in [1.807, 2.05) is 0 Å². The molecule has 0 aromatic rings. The molecule has 0 rings (SSSR count). The molecular weight excluding hydrogens is 190 g/mol. The number of aliphatic hydroxyl groups is 1. The summed E-state index contributed by atoms with van der Waals surface area (Å²) in [6.45, 7) is 8.57. The predicted octanol–water partition coefficient (Wildman–Crippen LogP) is -2.33. The Labute approximate surface area is 85.4 Å². The summed E-state index contributed by atoms with van der Waals surface area (Å²) in [6, 6.07) is 0. The van der Waals surface area contributed by atoms with Gasteiger partial charge in [0.25, 0.3) is 6.23 Å². The molecule has 0 bridgehead atoms. The average molecular weight is 206 g/mol. The summed E-state index contributed by atoms with van der Waals surface area (Å²) in [6.07, 6.45) is 0.408. The third-order valence-electron chi connectivity index (χ3n) is 1.76. The standard InChI is InChI=1S/C9H16NO2.ClH/c1-6-10(4,5)9(12)8(11)7(2)3;/h6,9,12H,1-2H2,3-5H3;1H/q+1;/p-1. The summed E-state index contributed by atoms with van der Waals surface area (Å²) in [7, 11) is 3.39. The number of halogens is 1. The number of nitrogens with zero attached hydrogens (tertiary/aromatic N) is 1. The van der Waals surface area contributed by atoms with Crippen LogP contribution in [-0.2, 0) is 4.79 Å². The molecule has 1 unspecified atom stereocenters. The predicted molar refractivity (Wildman–Crippen MR) is 48.1 cm³/mol. The van der Waals surface area contributed by atoms with E-state index in [0.29, 0.717) is 5.57 Å². The lowest BCUT2D eigenvalue weighted by Gasteiger charge is -2.28. The van der Waals surface area contributed by atoms with Crippen molar-refractivity contribution in [1.29, 1.82) is 0 Å². The van der Waals surface area contributed by atoms with Crippen molar-refractivity contribution in [3.8, 4) is 0 Å². The fraction of sp³-hybridized carbons (Fsp3) is 0.444. The molecule has 0 spiro atoms. The molecule has 0 radical (unpaired) electrons. The Kier molecular flexibility index (Phi) is 5.91. The van der Waals surface area contributed by atoms with Crippen molar-refractivity contribution in [2.75, 3.05) is 14.1 Å². The molecule has 0 aliphatic rings. The minimum absolute atomic E-state index is 0. The van der Waals surface area contributed by atoms with Gasteiger partial charge in [-0.3, -0.25) is 9.28 Å². The van der Waals surface area contributed by atoms with E-state index in [9.17, 15) is 9.90 Å². The zero-order valence-corrected chi connectivity index (χ0v) is 9.01. The summed E-state index contributed by atoms with van der Waals surface area (Å²) >= 11 is 0. The van der Waals surface area contributed by atoms with Gasteiger partial charge in [0.2, 0.25) is 5.78 Å². The second-order valence-corrected chi connectivity index (χ2v) is 3.33. The van der Waals surface area contributed by atoms with Crippen molar-refractivity contribution in [1.82, 2.24) is 0 Å². The molecule has 0 saturated carbocycles. The van der Waals surface area contributed by atoms with Gasteiger partial charge in [-0.1, -0.05) is 6.58 Å². The van der Waals surface area contributed by atoms with Gasteiger partial charge in [-0.25, -0.2) is 0 Å². The van der Waals surface area contributed by atoms with Gasteiger partial charge >= 0.3 is 0 Å². The van der Waals surface area contributed by atoms with Crippen LogP contribution in [-0.4, -0.2) is 35.7 Å². The van der Waals surface area contributed by atoms with Crippen LogP contribution in [0.15, 0.2) is 24.9 Å². The fourth-order valence-corrected chi connectivity index (χ4v) is 0.622. The molecule has 0 aromatic heterocycles. The number of quaternary nitrogens is 1. The monoisotopic (exact) mass is 205 g/mol. The van der Waals surface area contributed by atoms with Gasteiger partial charge in [0, 0.05) is 0 Å². The molecule has 0 aliphatic carbocycles. The van der Waals surface area contributed by atoms with Crippen LogP contribution in [0.25, 0.3) is 0 Å². The number of likely N-dealkylation sites (N-methyl/N-ethyl adjacent to an activating group) is 1. The van der Waals surface area contributed by atoms with Crippen LogP contribution in [0.5, 0.6) is 0 Å². The highest BCUT2D eigenvalue weighted by Gasteiger charge is 2.30. The van der Waals surface area contributed by atoms with E-state index in [1.165, 1.54) is 6.20 Å². The van der Waals surface area contributed by atoms with Crippen LogP contribution in [0.3, 0.4) is 0 Å². The first-order chi connectivity index (χ1) is 5.33. The van der Waals surface area contributed by atoms with Gasteiger partial charge in [0.1, 0.15) is 0 Å². The molecule has 1 atom stereocenters. The maximum Gasteiger partial charge on any atom is 0.259 e. The SMILES string of the molecule is C=C[N+](C)(C)C(O)C(=O)C(=C)C.[Cl-]. The lowest BCUT2D eigenvalue weighted by Crippen LogP contribution is -3.00. The third kappa shape index (κ3) is 3.72. The van der Waals surface area contributed by atoms with Crippen LogP contribution in [0.1, 0.15) is 6.92 Å². The van der Waals surface area contributed by atoms with Crippen molar-refractivity contribution in [3.05, 3.63) is 24.9 Å². The molecule has 0 fully saturated rings. The van der Waals surface area contributed by atoms with E-state index in [0.717, 1.165) is 0 Å². The maximum atomic E-state index is 11.2. The van der Waals surface area contributed by atoms with E-state index >= 15 is 0 Å². The zero-order valence-electron chi connectivity index (χ0n) is 8.25. The number of carbonyl (C=O) groups excluding carboxylic acids is 1. The summed E-state index contributed by atoms with van der Waals surface area (Å²) in [5, 5.41) is 9.51. The van der Waals surface area contributed by atoms with E-state index in [-0.39, 0.29) is 22.7 Å².